The molecule has 0 unspecified atom stereocenters. The van der Waals surface area contributed by atoms with E-state index in [-0.39, 0.29) is 12.1 Å². The monoisotopic (exact) mass is 380 g/mol. The number of hydrogen-bond donors (Lipinski definition) is 0. The van der Waals surface area contributed by atoms with Gasteiger partial charge in [-0.15, -0.1) is 5.92 Å². The Morgan fingerprint density at radius 3 is 2.82 bits per heavy atom. The number of aromatic nitrogens is 5. The van der Waals surface area contributed by atoms with Gasteiger partial charge in [0.05, 0.1) is 19.3 Å². The van der Waals surface area contributed by atoms with Crippen molar-refractivity contribution in [3.63, 3.8) is 0 Å². The van der Waals surface area contributed by atoms with Crippen LogP contribution in [0.1, 0.15) is 31.7 Å². The average Bonchev–Trinajstić information content (AvgIpc) is 3.08. The highest BCUT2D eigenvalue weighted by atomic mass is 19.1. The summed E-state index contributed by atoms with van der Waals surface area (Å²) in [5, 5.41) is 4.24. The van der Waals surface area contributed by atoms with E-state index >= 15 is 0 Å². The topological polar surface area (TPSA) is 68.8 Å². The van der Waals surface area contributed by atoms with Crippen molar-refractivity contribution >= 4 is 17.0 Å². The minimum atomic E-state index is -0.581. The average molecular weight is 380 g/mol. The first-order valence-electron chi connectivity index (χ1n) is 9.38. The summed E-state index contributed by atoms with van der Waals surface area (Å²) >= 11 is 0. The van der Waals surface area contributed by atoms with Crippen LogP contribution in [0.25, 0.3) is 11.0 Å². The number of hydrogen-bond acceptors (Lipinski definition) is 5. The van der Waals surface area contributed by atoms with Gasteiger partial charge in [0.25, 0.3) is 5.56 Å². The van der Waals surface area contributed by atoms with Crippen molar-refractivity contribution in [3.8, 4) is 11.8 Å². The van der Waals surface area contributed by atoms with Crippen LogP contribution in [0.5, 0.6) is 0 Å². The number of fused-ring (bicyclic) bond motifs is 1. The van der Waals surface area contributed by atoms with Crippen LogP contribution in [-0.2, 0) is 13.1 Å². The minimum Gasteiger partial charge on any atom is -0.342 e. The summed E-state index contributed by atoms with van der Waals surface area (Å²) in [5.41, 5.74) is 1.40. The largest absolute Gasteiger partial charge is 0.342 e. The standard InChI is InChI=1S/C20H21FN6O/c1-2-3-11-26-18-16(24-20(26)25-9-5-4-6-10-25)13-23-27(19(18)28)14-15-7-8-22-17(21)12-15/h7-8,12-13H,4-6,9-11,14H2,1H3. The molecule has 8 heteroatoms. The summed E-state index contributed by atoms with van der Waals surface area (Å²) < 4.78 is 16.6. The van der Waals surface area contributed by atoms with Crippen molar-refractivity contribution in [1.29, 1.82) is 0 Å². The molecule has 4 heterocycles. The second-order valence-electron chi connectivity index (χ2n) is 6.80. The molecule has 0 aromatic carbocycles. The maximum Gasteiger partial charge on any atom is 0.293 e. The number of pyridine rings is 1. The molecule has 3 aromatic heterocycles. The molecule has 144 valence electrons. The van der Waals surface area contributed by atoms with Gasteiger partial charge in [-0.1, -0.05) is 5.92 Å². The van der Waals surface area contributed by atoms with Gasteiger partial charge >= 0.3 is 0 Å². The van der Waals surface area contributed by atoms with Crippen molar-refractivity contribution in [2.45, 2.75) is 39.3 Å². The summed E-state index contributed by atoms with van der Waals surface area (Å²) in [6.45, 7) is 4.17. The van der Waals surface area contributed by atoms with Crippen LogP contribution < -0.4 is 10.5 Å². The predicted molar refractivity (Wildman–Crippen MR) is 105 cm³/mol. The van der Waals surface area contributed by atoms with E-state index in [4.69, 9.17) is 0 Å². The molecule has 0 radical (unpaired) electrons. The van der Waals surface area contributed by atoms with Crippen LogP contribution in [0.4, 0.5) is 10.3 Å². The summed E-state index contributed by atoms with van der Waals surface area (Å²) in [6, 6.07) is 2.97. The zero-order valence-corrected chi connectivity index (χ0v) is 15.7. The molecule has 0 saturated carbocycles. The molecule has 7 nitrogen and oxygen atoms in total. The van der Waals surface area contributed by atoms with Gasteiger partial charge in [-0.3, -0.25) is 9.36 Å². The molecule has 0 atom stereocenters. The van der Waals surface area contributed by atoms with Crippen molar-refractivity contribution in [3.05, 3.63) is 46.4 Å². The van der Waals surface area contributed by atoms with E-state index in [2.05, 4.69) is 31.8 Å². The molecule has 0 amide bonds. The Hall–Kier alpha value is -3.21. The Bertz CT molecular complexity index is 1120. The highest BCUT2D eigenvalue weighted by molar-refractivity contribution is 5.77. The highest BCUT2D eigenvalue weighted by Crippen LogP contribution is 2.23. The lowest BCUT2D eigenvalue weighted by atomic mass is 10.1. The normalized spacial score (nSPS) is 14.1. The SMILES string of the molecule is CC#CCn1c(N2CCCCC2)nc2cnn(Cc3ccnc(F)c3)c(=O)c21. The second-order valence-corrected chi connectivity index (χ2v) is 6.80. The maximum absolute atomic E-state index is 13.4. The van der Waals surface area contributed by atoms with E-state index in [0.29, 0.717) is 23.1 Å². The lowest BCUT2D eigenvalue weighted by Gasteiger charge is -2.27. The van der Waals surface area contributed by atoms with Crippen LogP contribution in [0.15, 0.2) is 29.3 Å². The first-order valence-corrected chi connectivity index (χ1v) is 9.38. The van der Waals surface area contributed by atoms with Gasteiger partial charge in [0.15, 0.2) is 0 Å². The van der Waals surface area contributed by atoms with E-state index in [9.17, 15) is 9.18 Å². The summed E-state index contributed by atoms with van der Waals surface area (Å²) in [7, 11) is 0. The lowest BCUT2D eigenvalue weighted by Crippen LogP contribution is -2.32. The quantitative estimate of drug-likeness (QED) is 0.513. The van der Waals surface area contributed by atoms with Crippen molar-refractivity contribution in [2.24, 2.45) is 0 Å². The van der Waals surface area contributed by atoms with Crippen LogP contribution in [0, 0.1) is 17.8 Å². The molecule has 3 aromatic rings. The van der Waals surface area contributed by atoms with E-state index in [1.165, 1.54) is 23.4 Å². The zero-order valence-electron chi connectivity index (χ0n) is 15.7. The molecule has 4 rings (SSSR count). The van der Waals surface area contributed by atoms with Crippen molar-refractivity contribution < 1.29 is 4.39 Å². The third kappa shape index (κ3) is 3.48. The fraction of sp³-hybridized carbons (Fsp3) is 0.400. The molecule has 0 aliphatic carbocycles. The number of anilines is 1. The molecule has 0 N–H and O–H groups in total. The second kappa shape index (κ2) is 7.80. The number of halogens is 1. The van der Waals surface area contributed by atoms with Crippen LogP contribution in [-0.4, -0.2) is 37.4 Å². The zero-order chi connectivity index (χ0) is 19.5. The van der Waals surface area contributed by atoms with E-state index in [1.807, 2.05) is 4.57 Å². The fourth-order valence-corrected chi connectivity index (χ4v) is 3.54. The molecule has 1 aliphatic heterocycles. The van der Waals surface area contributed by atoms with Crippen molar-refractivity contribution in [2.75, 3.05) is 18.0 Å². The smallest absolute Gasteiger partial charge is 0.293 e. The van der Waals surface area contributed by atoms with E-state index < -0.39 is 5.95 Å². The van der Waals surface area contributed by atoms with Gasteiger partial charge in [0, 0.05) is 19.3 Å². The molecule has 0 spiro atoms. The predicted octanol–water partition coefficient (Wildman–Crippen LogP) is 2.19. The van der Waals surface area contributed by atoms with E-state index in [0.717, 1.165) is 31.9 Å². The van der Waals surface area contributed by atoms with Crippen LogP contribution in [0.3, 0.4) is 0 Å². The molecular weight excluding hydrogens is 359 g/mol. The van der Waals surface area contributed by atoms with Gasteiger partial charge in [0.1, 0.15) is 11.0 Å². The summed E-state index contributed by atoms with van der Waals surface area (Å²) in [6.07, 6.45) is 6.40. The number of nitrogens with zero attached hydrogens (tertiary/aromatic N) is 6. The minimum absolute atomic E-state index is 0.165. The van der Waals surface area contributed by atoms with Gasteiger partial charge in [-0.2, -0.15) is 9.49 Å². The molecule has 1 saturated heterocycles. The number of rotatable bonds is 4. The summed E-state index contributed by atoms with van der Waals surface area (Å²) in [5.74, 6) is 6.12. The molecule has 1 aliphatic rings. The molecule has 1 fully saturated rings. The van der Waals surface area contributed by atoms with Crippen molar-refractivity contribution in [1.82, 2.24) is 24.3 Å². The highest BCUT2D eigenvalue weighted by Gasteiger charge is 2.21. The van der Waals surface area contributed by atoms with Crippen LogP contribution in [0.2, 0.25) is 0 Å². The third-order valence-corrected chi connectivity index (χ3v) is 4.91. The van der Waals surface area contributed by atoms with E-state index in [1.54, 1.807) is 19.2 Å². The van der Waals surface area contributed by atoms with Gasteiger partial charge in [0.2, 0.25) is 11.9 Å². The number of imidazole rings is 1. The maximum atomic E-state index is 13.4. The lowest BCUT2D eigenvalue weighted by molar-refractivity contribution is 0.561. The molecule has 28 heavy (non-hydrogen) atoms. The Kier molecular flexibility index (Phi) is 5.06. The van der Waals surface area contributed by atoms with Gasteiger partial charge < -0.3 is 4.90 Å². The summed E-state index contributed by atoms with van der Waals surface area (Å²) in [4.78, 5) is 23.6. The Morgan fingerprint density at radius 1 is 1.25 bits per heavy atom. The van der Waals surface area contributed by atoms with Crippen LogP contribution >= 0.6 is 0 Å². The first-order chi connectivity index (χ1) is 13.7. The third-order valence-electron chi connectivity index (χ3n) is 4.91. The van der Waals surface area contributed by atoms with Gasteiger partial charge in [-0.25, -0.2) is 14.6 Å². The Balaban J connectivity index is 1.81. The Morgan fingerprint density at radius 2 is 2.07 bits per heavy atom. The molecule has 0 bridgehead atoms. The Labute approximate surface area is 161 Å². The molecular formula is C20H21FN6O. The first kappa shape index (κ1) is 18.2. The fourth-order valence-electron chi connectivity index (χ4n) is 3.54. The van der Waals surface area contributed by atoms with Gasteiger partial charge in [-0.05, 0) is 43.9 Å². The number of piperidine rings is 1.